The molecular weight excluding hydrogens is 937 g/mol. The number of aryl methyl sites for hydroxylation is 2. The van der Waals surface area contributed by atoms with Crippen molar-refractivity contribution >= 4 is 43.1 Å². The topological polar surface area (TPSA) is 0 Å². The molecule has 0 fully saturated rings. The minimum Gasteiger partial charge on any atom is -0.0654 e. The average molecular weight is 1000 g/mol. The first kappa shape index (κ1) is 48.1. The van der Waals surface area contributed by atoms with Crippen molar-refractivity contribution in [3.63, 3.8) is 0 Å². The Kier molecular flexibility index (Phi) is 11.5. The Balaban J connectivity index is 0.809. The first-order valence-corrected chi connectivity index (χ1v) is 28.8. The molecule has 2 aliphatic rings. The maximum Gasteiger partial charge on any atom is 0.0159 e. The van der Waals surface area contributed by atoms with Crippen LogP contribution in [0.25, 0.3) is 121 Å². The van der Waals surface area contributed by atoms with E-state index in [0.717, 1.165) is 12.8 Å². The van der Waals surface area contributed by atoms with Gasteiger partial charge in [0.05, 0.1) is 0 Å². The van der Waals surface area contributed by atoms with E-state index in [9.17, 15) is 0 Å². The summed E-state index contributed by atoms with van der Waals surface area (Å²) < 4.78 is 0. The van der Waals surface area contributed by atoms with Gasteiger partial charge in [-0.25, -0.2) is 0 Å². The Morgan fingerprint density at radius 1 is 0.256 bits per heavy atom. The fourth-order valence-electron chi connectivity index (χ4n) is 14.1. The summed E-state index contributed by atoms with van der Waals surface area (Å²) in [5.74, 6) is 0. The Labute approximate surface area is 461 Å². The van der Waals surface area contributed by atoms with Crippen molar-refractivity contribution < 1.29 is 0 Å². The van der Waals surface area contributed by atoms with Gasteiger partial charge in [0, 0.05) is 10.8 Å². The highest BCUT2D eigenvalue weighted by atomic mass is 14.4. The third-order valence-corrected chi connectivity index (χ3v) is 18.2. The van der Waals surface area contributed by atoms with Crippen LogP contribution >= 0.6 is 0 Å². The number of hydrogen-bond acceptors (Lipinski definition) is 0. The fourth-order valence-corrected chi connectivity index (χ4v) is 14.1. The van der Waals surface area contributed by atoms with Crippen molar-refractivity contribution in [1.82, 2.24) is 0 Å². The molecule has 0 heteroatoms. The van der Waals surface area contributed by atoms with Crippen LogP contribution in [0.3, 0.4) is 0 Å². The summed E-state index contributed by atoms with van der Waals surface area (Å²) in [5, 5.41) is 10.4. The molecule has 0 aliphatic heterocycles. The third-order valence-electron chi connectivity index (χ3n) is 18.2. The van der Waals surface area contributed by atoms with E-state index in [-0.39, 0.29) is 10.8 Å². The van der Waals surface area contributed by atoms with Gasteiger partial charge < -0.3 is 0 Å². The van der Waals surface area contributed by atoms with Crippen LogP contribution in [-0.4, -0.2) is 0 Å². The van der Waals surface area contributed by atoms with Crippen molar-refractivity contribution in [2.24, 2.45) is 0 Å². The summed E-state index contributed by atoms with van der Waals surface area (Å²) in [6.45, 7) is 14.3. The summed E-state index contributed by atoms with van der Waals surface area (Å²) in [6, 6.07) is 84.2. The highest BCUT2D eigenvalue weighted by Crippen LogP contribution is 2.55. The van der Waals surface area contributed by atoms with Crippen molar-refractivity contribution in [3.05, 3.63) is 252 Å². The van der Waals surface area contributed by atoms with E-state index < -0.39 is 0 Å². The molecule has 0 N–H and O–H groups in total. The van der Waals surface area contributed by atoms with E-state index in [4.69, 9.17) is 0 Å². The number of fused-ring (bicyclic) bond motifs is 10. The zero-order valence-electron chi connectivity index (χ0n) is 46.0. The summed E-state index contributed by atoms with van der Waals surface area (Å²) in [4.78, 5) is 0. The number of benzene rings is 12. The van der Waals surface area contributed by atoms with E-state index in [1.54, 1.807) is 0 Å². The molecule has 78 heavy (non-hydrogen) atoms. The molecular formula is C78H66. The zero-order chi connectivity index (χ0) is 52.9. The monoisotopic (exact) mass is 1000 g/mol. The molecule has 0 atom stereocenters. The molecule has 0 amide bonds. The maximum atomic E-state index is 2.52. The lowest BCUT2D eigenvalue weighted by molar-refractivity contribution is 0.660. The molecule has 0 heterocycles. The van der Waals surface area contributed by atoms with E-state index >= 15 is 0 Å². The van der Waals surface area contributed by atoms with Gasteiger partial charge in [-0.2, -0.15) is 0 Å². The molecule has 0 spiro atoms. The number of rotatable bonds is 11. The van der Waals surface area contributed by atoms with E-state index in [1.807, 2.05) is 0 Å². The Morgan fingerprint density at radius 3 is 0.756 bits per heavy atom. The van der Waals surface area contributed by atoms with Crippen molar-refractivity contribution in [1.29, 1.82) is 0 Å². The molecule has 0 bridgehead atoms. The molecule has 0 aromatic heterocycles. The lowest BCUT2D eigenvalue weighted by Crippen LogP contribution is -2.15. The largest absolute Gasteiger partial charge is 0.0654 e. The Morgan fingerprint density at radius 2 is 0.487 bits per heavy atom. The molecule has 14 rings (SSSR count). The van der Waals surface area contributed by atoms with E-state index in [1.165, 1.54) is 180 Å². The summed E-state index contributed by atoms with van der Waals surface area (Å²) in [6.07, 6.45) is 7.11. The highest BCUT2D eigenvalue weighted by molar-refractivity contribution is 6.23. The molecule has 378 valence electrons. The molecule has 2 aliphatic carbocycles. The van der Waals surface area contributed by atoms with E-state index in [0.29, 0.717) is 0 Å². The van der Waals surface area contributed by atoms with Crippen LogP contribution in [0.4, 0.5) is 0 Å². The molecule has 0 nitrogen and oxygen atoms in total. The molecule has 0 saturated carbocycles. The average Bonchev–Trinajstić information content (AvgIpc) is 3.88. The van der Waals surface area contributed by atoms with Crippen molar-refractivity contribution in [2.45, 2.75) is 90.9 Å². The van der Waals surface area contributed by atoms with Crippen LogP contribution in [0.5, 0.6) is 0 Å². The molecule has 0 saturated heterocycles. The second-order valence-electron chi connectivity index (χ2n) is 23.6. The summed E-state index contributed by atoms with van der Waals surface area (Å²) in [7, 11) is 0. The van der Waals surface area contributed by atoms with Gasteiger partial charge in [0.1, 0.15) is 0 Å². The fraction of sp³-hybridized carbons (Fsp3) is 0.179. The normalized spacial score (nSPS) is 13.8. The van der Waals surface area contributed by atoms with Gasteiger partial charge in [0.25, 0.3) is 0 Å². The second-order valence-corrected chi connectivity index (χ2v) is 23.6. The van der Waals surface area contributed by atoms with Gasteiger partial charge in [0.15, 0.2) is 0 Å². The minimum absolute atomic E-state index is 0.199. The third kappa shape index (κ3) is 7.55. The van der Waals surface area contributed by atoms with Crippen molar-refractivity contribution in [2.75, 3.05) is 0 Å². The van der Waals surface area contributed by atoms with Crippen LogP contribution in [0.1, 0.15) is 101 Å². The van der Waals surface area contributed by atoms with Crippen molar-refractivity contribution in [3.8, 4) is 77.9 Å². The first-order chi connectivity index (χ1) is 38.1. The lowest BCUT2D eigenvalue weighted by atomic mass is 9.79. The molecule has 0 unspecified atom stereocenters. The van der Waals surface area contributed by atoms with Gasteiger partial charge in [-0.15, -0.1) is 0 Å². The van der Waals surface area contributed by atoms with Gasteiger partial charge in [-0.3, -0.25) is 0 Å². The number of hydrogen-bond donors (Lipinski definition) is 0. The summed E-state index contributed by atoms with van der Waals surface area (Å²) in [5.41, 5.74) is 26.3. The second kappa shape index (κ2) is 18.7. The quantitative estimate of drug-likeness (QED) is 0.113. The Hall–Kier alpha value is -8.32. The predicted octanol–water partition coefficient (Wildman–Crippen LogP) is 21.9. The lowest BCUT2D eigenvalue weighted by Gasteiger charge is -2.24. The zero-order valence-corrected chi connectivity index (χ0v) is 46.0. The van der Waals surface area contributed by atoms with Gasteiger partial charge in [-0.05, 0) is 204 Å². The SMILES string of the molecule is CCCCc1ccc(-c2c3ccccc3c(-c3ccc4c(c3)C(C)(C)c3cc(-c5ccc6c(c5)C(C)(C)c5cc(-c7c8ccccc8c(-c8ccc(CCCC)cc8)c8ccccc78)ccc5-6)ccc3-4)c3ccccc23)cc1. The van der Waals surface area contributed by atoms with Crippen LogP contribution in [0, 0.1) is 0 Å². The van der Waals surface area contributed by atoms with Crippen LogP contribution in [0.15, 0.2) is 218 Å². The van der Waals surface area contributed by atoms with Gasteiger partial charge in [0.2, 0.25) is 0 Å². The van der Waals surface area contributed by atoms with Crippen LogP contribution < -0.4 is 0 Å². The highest BCUT2D eigenvalue weighted by Gasteiger charge is 2.38. The predicted molar refractivity (Wildman–Crippen MR) is 336 cm³/mol. The summed E-state index contributed by atoms with van der Waals surface area (Å²) >= 11 is 0. The Bertz CT molecular complexity index is 3970. The van der Waals surface area contributed by atoms with Gasteiger partial charge in [-0.1, -0.05) is 249 Å². The molecule has 12 aromatic carbocycles. The molecule has 12 aromatic rings. The maximum absolute atomic E-state index is 2.52. The standard InChI is InChI=1S/C78H66/c1-7-9-19-49-29-33-51(34-30-49)73-61-21-11-15-25-65(61)75(66-26-16-12-22-62(66)73)55-39-43-59-57-41-37-53(45-69(57)77(3,4)71(59)47-55)54-38-42-58-60-44-40-56(48-72(60)78(5,6)70(58)46-54)76-67-27-17-13-23-63(67)74(64-24-14-18-28-68(64)76)52-35-31-50(32-36-52)20-10-8-2/h11-18,21-48H,7-10,19-20H2,1-6H3. The van der Waals surface area contributed by atoms with Crippen LogP contribution in [0.2, 0.25) is 0 Å². The smallest absolute Gasteiger partial charge is 0.0159 e. The van der Waals surface area contributed by atoms with E-state index in [2.05, 4.69) is 260 Å². The minimum atomic E-state index is -0.199. The first-order valence-electron chi connectivity index (χ1n) is 28.8. The van der Waals surface area contributed by atoms with Gasteiger partial charge >= 0.3 is 0 Å². The number of unbranched alkanes of at least 4 members (excludes halogenated alkanes) is 2. The van der Waals surface area contributed by atoms with Crippen LogP contribution in [-0.2, 0) is 23.7 Å². The molecule has 0 radical (unpaired) electrons.